The maximum Gasteiger partial charge on any atom is 0.127 e. The van der Waals surface area contributed by atoms with Crippen molar-refractivity contribution in [2.75, 3.05) is 0 Å². The van der Waals surface area contributed by atoms with Gasteiger partial charge in [0, 0.05) is 11.8 Å². The molecule has 2 fully saturated rings. The highest BCUT2D eigenvalue weighted by Crippen LogP contribution is 2.40. The number of hydrogen-bond acceptors (Lipinski definition) is 2. The van der Waals surface area contributed by atoms with E-state index < -0.39 is 0 Å². The van der Waals surface area contributed by atoms with Crippen LogP contribution in [0.3, 0.4) is 0 Å². The number of aromatic hydroxyl groups is 1. The van der Waals surface area contributed by atoms with E-state index in [1.54, 1.807) is 0 Å². The van der Waals surface area contributed by atoms with Gasteiger partial charge in [-0.2, -0.15) is 0 Å². The fraction of sp³-hybridized carbons (Fsp3) is 0.500. The molecule has 2 aromatic rings. The second kappa shape index (κ2) is 8.94. The zero-order chi connectivity index (χ0) is 19.3. The van der Waals surface area contributed by atoms with E-state index in [9.17, 15) is 5.11 Å². The molecule has 2 aliphatic rings. The third-order valence-electron chi connectivity index (χ3n) is 6.79. The summed E-state index contributed by atoms with van der Waals surface area (Å²) in [5.74, 6) is 1.57. The summed E-state index contributed by atoms with van der Waals surface area (Å²) in [6, 6.07) is 15.3. The third-order valence-corrected chi connectivity index (χ3v) is 6.79. The molecule has 148 valence electrons. The summed E-state index contributed by atoms with van der Waals surface area (Å²) in [6.45, 7) is 2.31. The van der Waals surface area contributed by atoms with E-state index in [1.807, 2.05) is 6.21 Å². The lowest BCUT2D eigenvalue weighted by Crippen LogP contribution is -2.20. The molecule has 0 bridgehead atoms. The van der Waals surface area contributed by atoms with Crippen molar-refractivity contribution >= 4 is 6.21 Å². The van der Waals surface area contributed by atoms with E-state index in [0.29, 0.717) is 23.6 Å². The summed E-state index contributed by atoms with van der Waals surface area (Å²) in [4.78, 5) is 4.93. The van der Waals surface area contributed by atoms with Crippen LogP contribution in [-0.4, -0.2) is 17.4 Å². The molecule has 2 saturated carbocycles. The Labute approximate surface area is 169 Å². The van der Waals surface area contributed by atoms with Crippen molar-refractivity contribution in [3.63, 3.8) is 0 Å². The predicted octanol–water partition coefficient (Wildman–Crippen LogP) is 7.10. The minimum absolute atomic E-state index is 0.395. The summed E-state index contributed by atoms with van der Waals surface area (Å²) in [5.41, 5.74) is 4.41. The van der Waals surface area contributed by atoms with Crippen LogP contribution in [0.5, 0.6) is 5.75 Å². The second-order valence-corrected chi connectivity index (χ2v) is 8.81. The van der Waals surface area contributed by atoms with Crippen molar-refractivity contribution in [1.82, 2.24) is 0 Å². The molecular formula is C26H33NO. The van der Waals surface area contributed by atoms with E-state index >= 15 is 0 Å². The second-order valence-electron chi connectivity index (χ2n) is 8.81. The molecule has 1 N–H and O–H groups in total. The van der Waals surface area contributed by atoms with Crippen LogP contribution in [0.25, 0.3) is 11.1 Å². The molecule has 4 rings (SSSR count). The maximum absolute atomic E-state index is 11.1. The highest BCUT2D eigenvalue weighted by molar-refractivity contribution is 5.87. The van der Waals surface area contributed by atoms with Crippen LogP contribution in [0, 0.1) is 5.92 Å². The first kappa shape index (κ1) is 19.2. The minimum Gasteiger partial charge on any atom is -0.507 e. The zero-order valence-corrected chi connectivity index (χ0v) is 17.1. The molecule has 2 atom stereocenters. The van der Waals surface area contributed by atoms with Gasteiger partial charge in [0.2, 0.25) is 0 Å². The van der Waals surface area contributed by atoms with E-state index in [2.05, 4.69) is 49.4 Å². The molecule has 2 unspecified atom stereocenters. The van der Waals surface area contributed by atoms with Crippen LogP contribution in [-0.2, 0) is 0 Å². The van der Waals surface area contributed by atoms with Crippen molar-refractivity contribution in [3.05, 3.63) is 53.6 Å². The van der Waals surface area contributed by atoms with E-state index in [4.69, 9.17) is 4.99 Å². The van der Waals surface area contributed by atoms with Crippen LogP contribution in [0.1, 0.15) is 81.8 Å². The number of phenols is 1. The van der Waals surface area contributed by atoms with Gasteiger partial charge in [0.15, 0.2) is 0 Å². The first-order valence-corrected chi connectivity index (χ1v) is 11.2. The maximum atomic E-state index is 11.1. The monoisotopic (exact) mass is 375 g/mol. The molecule has 2 nitrogen and oxygen atoms in total. The highest BCUT2D eigenvalue weighted by atomic mass is 16.3. The normalized spacial score (nSPS) is 23.9. The van der Waals surface area contributed by atoms with Gasteiger partial charge < -0.3 is 5.11 Å². The quantitative estimate of drug-likeness (QED) is 0.568. The van der Waals surface area contributed by atoms with Gasteiger partial charge in [-0.05, 0) is 66.3 Å². The Hall–Kier alpha value is -2.09. The highest BCUT2D eigenvalue weighted by Gasteiger charge is 2.22. The fourth-order valence-corrected chi connectivity index (χ4v) is 4.99. The van der Waals surface area contributed by atoms with Crippen LogP contribution in [0.4, 0.5) is 0 Å². The number of hydrogen-bond donors (Lipinski definition) is 1. The molecule has 0 radical (unpaired) electrons. The van der Waals surface area contributed by atoms with Gasteiger partial charge in [0.25, 0.3) is 0 Å². The van der Waals surface area contributed by atoms with Crippen molar-refractivity contribution in [2.24, 2.45) is 10.9 Å². The largest absolute Gasteiger partial charge is 0.507 e. The molecule has 0 saturated heterocycles. The zero-order valence-electron chi connectivity index (χ0n) is 17.1. The molecular weight excluding hydrogens is 342 g/mol. The lowest BCUT2D eigenvalue weighted by molar-refractivity contribution is 0.333. The van der Waals surface area contributed by atoms with Gasteiger partial charge in [-0.1, -0.05) is 69.4 Å². The number of benzene rings is 2. The first-order valence-electron chi connectivity index (χ1n) is 11.2. The Morgan fingerprint density at radius 3 is 2.32 bits per heavy atom. The van der Waals surface area contributed by atoms with Crippen LogP contribution in [0.15, 0.2) is 47.5 Å². The van der Waals surface area contributed by atoms with Gasteiger partial charge in [0.1, 0.15) is 5.75 Å². The number of rotatable bonds is 4. The van der Waals surface area contributed by atoms with Gasteiger partial charge in [-0.25, -0.2) is 0 Å². The topological polar surface area (TPSA) is 32.6 Å². The van der Waals surface area contributed by atoms with Gasteiger partial charge >= 0.3 is 0 Å². The lowest BCUT2D eigenvalue weighted by Gasteiger charge is -2.26. The van der Waals surface area contributed by atoms with Crippen molar-refractivity contribution < 1.29 is 5.11 Å². The van der Waals surface area contributed by atoms with E-state index in [-0.39, 0.29) is 0 Å². The summed E-state index contributed by atoms with van der Waals surface area (Å²) in [7, 11) is 0. The average molecular weight is 376 g/mol. The molecule has 0 heterocycles. The molecule has 2 aromatic carbocycles. The molecule has 2 heteroatoms. The SMILES string of the molecule is CC1CCCCC1N=Cc1cc(-c2ccccc2)cc(C2CCCCC2)c1O. The van der Waals surface area contributed by atoms with Crippen LogP contribution in [0.2, 0.25) is 0 Å². The molecule has 0 aromatic heterocycles. The standard InChI is InChI=1S/C26H33NO/c1-19-10-8-9-15-25(19)27-18-23-16-22(20-11-4-2-5-12-20)17-24(26(23)28)21-13-6-3-7-14-21/h2,4-5,11-12,16-19,21,25,28H,3,6-10,13-15H2,1H3. The Kier molecular flexibility index (Phi) is 6.14. The summed E-state index contributed by atoms with van der Waals surface area (Å²) in [5, 5.41) is 11.1. The van der Waals surface area contributed by atoms with Crippen molar-refractivity contribution in [3.8, 4) is 16.9 Å². The van der Waals surface area contributed by atoms with E-state index in [1.165, 1.54) is 68.9 Å². The third kappa shape index (κ3) is 4.32. The minimum atomic E-state index is 0.395. The number of aliphatic imine (C=N–C) groups is 1. The number of nitrogens with zero attached hydrogens (tertiary/aromatic N) is 1. The van der Waals surface area contributed by atoms with Gasteiger partial charge in [-0.15, -0.1) is 0 Å². The molecule has 0 amide bonds. The van der Waals surface area contributed by atoms with Crippen molar-refractivity contribution in [2.45, 2.75) is 76.7 Å². The Morgan fingerprint density at radius 2 is 1.57 bits per heavy atom. The molecule has 0 aliphatic heterocycles. The number of phenolic OH excluding ortho intramolecular Hbond substituents is 1. The Bertz CT molecular complexity index is 805. The Morgan fingerprint density at radius 1 is 0.857 bits per heavy atom. The summed E-state index contributed by atoms with van der Waals surface area (Å²) in [6.07, 6.45) is 13.2. The fourth-order valence-electron chi connectivity index (χ4n) is 4.99. The average Bonchev–Trinajstić information content (AvgIpc) is 2.75. The van der Waals surface area contributed by atoms with Gasteiger partial charge in [-0.3, -0.25) is 4.99 Å². The molecule has 28 heavy (non-hydrogen) atoms. The van der Waals surface area contributed by atoms with Crippen LogP contribution >= 0.6 is 0 Å². The van der Waals surface area contributed by atoms with Gasteiger partial charge in [0.05, 0.1) is 6.04 Å². The molecule has 2 aliphatic carbocycles. The lowest BCUT2D eigenvalue weighted by atomic mass is 9.82. The summed E-state index contributed by atoms with van der Waals surface area (Å²) < 4.78 is 0. The smallest absolute Gasteiger partial charge is 0.127 e. The first-order chi connectivity index (χ1) is 13.7. The van der Waals surface area contributed by atoms with Crippen molar-refractivity contribution in [1.29, 1.82) is 0 Å². The molecule has 0 spiro atoms. The predicted molar refractivity (Wildman–Crippen MR) is 118 cm³/mol. The van der Waals surface area contributed by atoms with Crippen LogP contribution < -0.4 is 0 Å². The summed E-state index contributed by atoms with van der Waals surface area (Å²) >= 11 is 0. The Balaban J connectivity index is 1.71. The van der Waals surface area contributed by atoms with E-state index in [0.717, 1.165) is 11.1 Å².